The first-order chi connectivity index (χ1) is 9.70. The normalized spacial score (nSPS) is 11.4. The molecule has 1 rings (SSSR count). The predicted octanol–water partition coefficient (Wildman–Crippen LogP) is 0.450. The van der Waals surface area contributed by atoms with E-state index in [4.69, 9.17) is 5.11 Å². The summed E-state index contributed by atoms with van der Waals surface area (Å²) in [6.07, 6.45) is 0.0316. The zero-order chi connectivity index (χ0) is 16.2. The molecule has 0 spiro atoms. The monoisotopic (exact) mass is 314 g/mol. The Hall–Kier alpha value is -1.93. The Morgan fingerprint density at radius 1 is 1.33 bits per heavy atom. The Morgan fingerprint density at radius 2 is 1.95 bits per heavy atom. The zero-order valence-electron chi connectivity index (χ0n) is 12.1. The van der Waals surface area contributed by atoms with Gasteiger partial charge in [-0.05, 0) is 24.6 Å². The third-order valence-corrected chi connectivity index (χ3v) is 4.93. The summed E-state index contributed by atoms with van der Waals surface area (Å²) in [7, 11) is -1.01. The molecule has 0 bridgehead atoms. The van der Waals surface area contributed by atoms with Crippen LogP contribution in [0.2, 0.25) is 0 Å². The summed E-state index contributed by atoms with van der Waals surface area (Å²) in [5.41, 5.74) is 0.422. The molecule has 0 radical (unpaired) electrons. The highest BCUT2D eigenvalue weighted by Crippen LogP contribution is 2.19. The van der Waals surface area contributed by atoms with Crippen molar-refractivity contribution in [3.63, 3.8) is 0 Å². The second kappa shape index (κ2) is 6.68. The molecule has 0 unspecified atom stereocenters. The van der Waals surface area contributed by atoms with Crippen LogP contribution in [0.25, 0.3) is 0 Å². The lowest BCUT2D eigenvalue weighted by molar-refractivity contribution is -0.120. The topological polar surface area (TPSA) is 104 Å². The van der Waals surface area contributed by atoms with Gasteiger partial charge in [0, 0.05) is 27.1 Å². The lowest BCUT2D eigenvalue weighted by atomic mass is 10.1. The van der Waals surface area contributed by atoms with E-state index in [9.17, 15) is 18.0 Å². The highest BCUT2D eigenvalue weighted by Gasteiger charge is 2.23. The number of carbonyl (C=O) groups excluding carboxylic acids is 1. The van der Waals surface area contributed by atoms with Crippen LogP contribution in [0.1, 0.15) is 22.3 Å². The van der Waals surface area contributed by atoms with E-state index in [2.05, 4.69) is 5.32 Å². The minimum absolute atomic E-state index is 0.0122. The molecule has 0 atom stereocenters. The van der Waals surface area contributed by atoms with Gasteiger partial charge in [-0.2, -0.15) is 0 Å². The number of amides is 1. The standard InChI is InChI=1S/C13H18N2O5S/c1-9-4-5-10(8-11(9)13(17)18)21(19,20)15(3)7-6-12(16)14-2/h4-5,8H,6-7H2,1-3H3,(H,14,16)(H,17,18). The summed E-state index contributed by atoms with van der Waals surface area (Å²) in [4.78, 5) is 22.1. The second-order valence-electron chi connectivity index (χ2n) is 4.53. The number of nitrogens with one attached hydrogen (secondary N) is 1. The van der Waals surface area contributed by atoms with Crippen LogP contribution < -0.4 is 5.32 Å². The van der Waals surface area contributed by atoms with Gasteiger partial charge in [0.05, 0.1) is 10.5 Å². The molecule has 1 aromatic rings. The summed E-state index contributed by atoms with van der Waals surface area (Å²) in [6.45, 7) is 1.60. The minimum Gasteiger partial charge on any atom is -0.478 e. The van der Waals surface area contributed by atoms with Crippen molar-refractivity contribution in [3.8, 4) is 0 Å². The van der Waals surface area contributed by atoms with Crippen LogP contribution in [0.5, 0.6) is 0 Å². The van der Waals surface area contributed by atoms with Gasteiger partial charge in [-0.15, -0.1) is 0 Å². The molecule has 8 heteroatoms. The number of nitrogens with zero attached hydrogens (tertiary/aromatic N) is 1. The Morgan fingerprint density at radius 3 is 2.48 bits per heavy atom. The molecule has 116 valence electrons. The highest BCUT2D eigenvalue weighted by atomic mass is 32.2. The molecular weight excluding hydrogens is 296 g/mol. The molecule has 0 aliphatic carbocycles. The number of aromatic carboxylic acids is 1. The van der Waals surface area contributed by atoms with Crippen LogP contribution in [0.4, 0.5) is 0 Å². The average Bonchev–Trinajstić information content (AvgIpc) is 2.43. The quantitative estimate of drug-likeness (QED) is 0.793. The maximum absolute atomic E-state index is 12.3. The summed E-state index contributed by atoms with van der Waals surface area (Å²) in [5.74, 6) is -1.45. The number of benzene rings is 1. The highest BCUT2D eigenvalue weighted by molar-refractivity contribution is 7.89. The number of carbonyl (C=O) groups is 2. The van der Waals surface area contributed by atoms with Crippen molar-refractivity contribution in [3.05, 3.63) is 29.3 Å². The lowest BCUT2D eigenvalue weighted by Crippen LogP contribution is -2.31. The van der Waals surface area contributed by atoms with E-state index in [-0.39, 0.29) is 29.3 Å². The van der Waals surface area contributed by atoms with Gasteiger partial charge in [0.2, 0.25) is 15.9 Å². The first-order valence-electron chi connectivity index (χ1n) is 6.21. The van der Waals surface area contributed by atoms with Gasteiger partial charge < -0.3 is 10.4 Å². The fourth-order valence-electron chi connectivity index (χ4n) is 1.68. The Labute approximate surface area is 123 Å². The van der Waals surface area contributed by atoms with E-state index in [1.807, 2.05) is 0 Å². The summed E-state index contributed by atoms with van der Waals surface area (Å²) < 4.78 is 25.7. The molecule has 0 heterocycles. The molecule has 0 saturated heterocycles. The van der Waals surface area contributed by atoms with Gasteiger partial charge in [-0.1, -0.05) is 6.07 Å². The molecule has 0 aromatic heterocycles. The number of hydrogen-bond donors (Lipinski definition) is 2. The van der Waals surface area contributed by atoms with Crippen molar-refractivity contribution in [2.45, 2.75) is 18.2 Å². The number of aryl methyl sites for hydroxylation is 1. The molecular formula is C13H18N2O5S. The smallest absolute Gasteiger partial charge is 0.335 e. The van der Waals surface area contributed by atoms with Gasteiger partial charge in [-0.3, -0.25) is 4.79 Å². The number of carboxylic acid groups (broad SMARTS) is 1. The third kappa shape index (κ3) is 4.02. The average molecular weight is 314 g/mol. The van der Waals surface area contributed by atoms with Crippen molar-refractivity contribution in [2.75, 3.05) is 20.6 Å². The van der Waals surface area contributed by atoms with Crippen LogP contribution in [0.3, 0.4) is 0 Å². The molecule has 2 N–H and O–H groups in total. The largest absolute Gasteiger partial charge is 0.478 e. The Bertz CT molecular complexity index is 655. The lowest BCUT2D eigenvalue weighted by Gasteiger charge is -2.17. The molecule has 1 amide bonds. The second-order valence-corrected chi connectivity index (χ2v) is 6.58. The van der Waals surface area contributed by atoms with Gasteiger partial charge in [0.15, 0.2) is 0 Å². The van der Waals surface area contributed by atoms with Crippen molar-refractivity contribution >= 4 is 21.9 Å². The predicted molar refractivity (Wildman–Crippen MR) is 76.6 cm³/mol. The fraction of sp³-hybridized carbons (Fsp3) is 0.385. The molecule has 0 fully saturated rings. The van der Waals surface area contributed by atoms with Crippen LogP contribution >= 0.6 is 0 Å². The molecule has 0 aliphatic heterocycles. The van der Waals surface area contributed by atoms with E-state index < -0.39 is 16.0 Å². The molecule has 1 aromatic carbocycles. The summed E-state index contributed by atoms with van der Waals surface area (Å²) >= 11 is 0. The third-order valence-electron chi connectivity index (χ3n) is 3.08. The van der Waals surface area contributed by atoms with Crippen molar-refractivity contribution in [1.82, 2.24) is 9.62 Å². The van der Waals surface area contributed by atoms with Gasteiger partial charge in [0.1, 0.15) is 0 Å². The van der Waals surface area contributed by atoms with Crippen molar-refractivity contribution in [2.24, 2.45) is 0 Å². The van der Waals surface area contributed by atoms with E-state index in [1.54, 1.807) is 6.92 Å². The van der Waals surface area contributed by atoms with Gasteiger partial charge in [0.25, 0.3) is 0 Å². The van der Waals surface area contributed by atoms with Crippen molar-refractivity contribution < 1.29 is 23.1 Å². The molecule has 0 aliphatic rings. The maximum Gasteiger partial charge on any atom is 0.335 e. The van der Waals surface area contributed by atoms with E-state index in [1.165, 1.54) is 26.2 Å². The Kier molecular flexibility index (Phi) is 5.45. The van der Waals surface area contributed by atoms with Gasteiger partial charge in [-0.25, -0.2) is 17.5 Å². The fourth-order valence-corrected chi connectivity index (χ4v) is 2.87. The van der Waals surface area contributed by atoms with E-state index >= 15 is 0 Å². The van der Waals surface area contributed by atoms with Crippen LogP contribution in [-0.4, -0.2) is 50.3 Å². The molecule has 21 heavy (non-hydrogen) atoms. The maximum atomic E-state index is 12.3. The number of rotatable bonds is 6. The zero-order valence-corrected chi connectivity index (χ0v) is 12.9. The Balaban J connectivity index is 3.05. The molecule has 7 nitrogen and oxygen atoms in total. The van der Waals surface area contributed by atoms with Crippen LogP contribution in [-0.2, 0) is 14.8 Å². The van der Waals surface area contributed by atoms with Gasteiger partial charge >= 0.3 is 5.97 Å². The molecule has 0 saturated carbocycles. The van der Waals surface area contributed by atoms with E-state index in [0.717, 1.165) is 10.4 Å². The number of hydrogen-bond acceptors (Lipinski definition) is 4. The van der Waals surface area contributed by atoms with Crippen LogP contribution in [0, 0.1) is 6.92 Å². The number of carboxylic acids is 1. The minimum atomic E-state index is -3.83. The van der Waals surface area contributed by atoms with E-state index in [0.29, 0.717) is 5.56 Å². The van der Waals surface area contributed by atoms with Crippen molar-refractivity contribution in [1.29, 1.82) is 0 Å². The first-order valence-corrected chi connectivity index (χ1v) is 7.65. The summed E-state index contributed by atoms with van der Waals surface area (Å²) in [5, 5.41) is 11.4. The SMILES string of the molecule is CNC(=O)CCN(C)S(=O)(=O)c1ccc(C)c(C(=O)O)c1. The number of sulfonamides is 1. The van der Waals surface area contributed by atoms with Crippen LogP contribution in [0.15, 0.2) is 23.1 Å². The summed E-state index contributed by atoms with van der Waals surface area (Å²) in [6, 6.07) is 3.93. The first kappa shape index (κ1) is 17.1.